The van der Waals surface area contributed by atoms with Crippen molar-refractivity contribution in [1.29, 1.82) is 0 Å². The smallest absolute Gasteiger partial charge is 0.0717 e. The number of hydrogen-bond acceptors (Lipinski definition) is 1. The van der Waals surface area contributed by atoms with Crippen molar-refractivity contribution in [2.75, 3.05) is 0 Å². The zero-order chi connectivity index (χ0) is 9.26. The van der Waals surface area contributed by atoms with Crippen LogP contribution in [-0.2, 0) is 5.33 Å². The van der Waals surface area contributed by atoms with Crippen molar-refractivity contribution in [2.45, 2.75) is 5.33 Å². The standard InChI is InChI=1S/C10H7BrClN/c11-6-7-3-4-9-8(10(7)12)2-1-5-13-9/h1-5H,6H2. The highest BCUT2D eigenvalue weighted by molar-refractivity contribution is 9.08. The van der Waals surface area contributed by atoms with E-state index in [1.165, 1.54) is 0 Å². The molecule has 0 atom stereocenters. The van der Waals surface area contributed by atoms with Crippen molar-refractivity contribution in [3.05, 3.63) is 41.0 Å². The summed E-state index contributed by atoms with van der Waals surface area (Å²) in [4.78, 5) is 4.22. The lowest BCUT2D eigenvalue weighted by atomic mass is 10.1. The van der Waals surface area contributed by atoms with E-state index in [1.807, 2.05) is 24.3 Å². The van der Waals surface area contributed by atoms with E-state index >= 15 is 0 Å². The van der Waals surface area contributed by atoms with E-state index in [-0.39, 0.29) is 0 Å². The topological polar surface area (TPSA) is 12.9 Å². The summed E-state index contributed by atoms with van der Waals surface area (Å²) in [5.41, 5.74) is 2.04. The van der Waals surface area contributed by atoms with Crippen LogP contribution < -0.4 is 0 Å². The van der Waals surface area contributed by atoms with Crippen molar-refractivity contribution >= 4 is 38.4 Å². The lowest BCUT2D eigenvalue weighted by molar-refractivity contribution is 1.39. The van der Waals surface area contributed by atoms with Gasteiger partial charge in [-0.1, -0.05) is 33.6 Å². The summed E-state index contributed by atoms with van der Waals surface area (Å²) in [6.45, 7) is 0. The number of alkyl halides is 1. The molecule has 0 spiro atoms. The maximum Gasteiger partial charge on any atom is 0.0717 e. The fourth-order valence-corrected chi connectivity index (χ4v) is 2.18. The lowest BCUT2D eigenvalue weighted by Gasteiger charge is -2.03. The number of nitrogens with zero attached hydrogens (tertiary/aromatic N) is 1. The number of fused-ring (bicyclic) bond motifs is 1. The Kier molecular flexibility index (Phi) is 2.51. The third kappa shape index (κ3) is 1.56. The van der Waals surface area contributed by atoms with Gasteiger partial charge in [-0.3, -0.25) is 4.98 Å². The average molecular weight is 257 g/mol. The number of rotatable bonds is 1. The molecule has 0 radical (unpaired) electrons. The molecule has 0 aliphatic rings. The van der Waals surface area contributed by atoms with Gasteiger partial charge in [-0.25, -0.2) is 0 Å². The van der Waals surface area contributed by atoms with E-state index in [2.05, 4.69) is 20.9 Å². The largest absolute Gasteiger partial charge is 0.256 e. The molecule has 66 valence electrons. The summed E-state index contributed by atoms with van der Waals surface area (Å²) in [5, 5.41) is 2.58. The van der Waals surface area contributed by atoms with Crippen LogP contribution in [0.2, 0.25) is 5.02 Å². The van der Waals surface area contributed by atoms with Gasteiger partial charge in [0.15, 0.2) is 0 Å². The molecule has 0 aliphatic heterocycles. The second kappa shape index (κ2) is 3.64. The number of aromatic nitrogens is 1. The van der Waals surface area contributed by atoms with Crippen molar-refractivity contribution in [3.8, 4) is 0 Å². The third-order valence-corrected chi connectivity index (χ3v) is 2.99. The zero-order valence-corrected chi connectivity index (χ0v) is 9.14. The van der Waals surface area contributed by atoms with E-state index in [4.69, 9.17) is 11.6 Å². The second-order valence-electron chi connectivity index (χ2n) is 2.74. The Morgan fingerprint density at radius 2 is 2.15 bits per heavy atom. The Morgan fingerprint density at radius 3 is 2.92 bits per heavy atom. The Labute approximate surface area is 89.9 Å². The van der Waals surface area contributed by atoms with E-state index in [0.29, 0.717) is 0 Å². The van der Waals surface area contributed by atoms with Gasteiger partial charge in [-0.2, -0.15) is 0 Å². The van der Waals surface area contributed by atoms with Gasteiger partial charge >= 0.3 is 0 Å². The van der Waals surface area contributed by atoms with Crippen LogP contribution in [0.15, 0.2) is 30.5 Å². The summed E-state index contributed by atoms with van der Waals surface area (Å²) in [7, 11) is 0. The Bertz CT molecular complexity index is 442. The minimum Gasteiger partial charge on any atom is -0.256 e. The molecular weight excluding hydrogens is 249 g/mol. The first kappa shape index (κ1) is 8.97. The van der Waals surface area contributed by atoms with Crippen LogP contribution in [0, 0.1) is 0 Å². The van der Waals surface area contributed by atoms with Gasteiger partial charge in [-0.05, 0) is 23.8 Å². The maximum absolute atomic E-state index is 6.17. The van der Waals surface area contributed by atoms with Crippen molar-refractivity contribution in [2.24, 2.45) is 0 Å². The monoisotopic (exact) mass is 255 g/mol. The highest BCUT2D eigenvalue weighted by Crippen LogP contribution is 2.27. The molecule has 0 aliphatic carbocycles. The van der Waals surface area contributed by atoms with E-state index in [1.54, 1.807) is 6.20 Å². The van der Waals surface area contributed by atoms with Crippen LogP contribution in [0.1, 0.15) is 5.56 Å². The van der Waals surface area contributed by atoms with Crippen LogP contribution in [0.5, 0.6) is 0 Å². The van der Waals surface area contributed by atoms with E-state index < -0.39 is 0 Å². The van der Waals surface area contributed by atoms with Crippen LogP contribution in [0.4, 0.5) is 0 Å². The fraction of sp³-hybridized carbons (Fsp3) is 0.100. The molecule has 1 aromatic carbocycles. The van der Waals surface area contributed by atoms with Crippen molar-refractivity contribution < 1.29 is 0 Å². The summed E-state index contributed by atoms with van der Waals surface area (Å²) < 4.78 is 0. The normalized spacial score (nSPS) is 10.6. The summed E-state index contributed by atoms with van der Waals surface area (Å²) in [6.07, 6.45) is 1.77. The minimum atomic E-state index is 0.774. The second-order valence-corrected chi connectivity index (χ2v) is 3.68. The Hall–Kier alpha value is -0.600. The molecule has 0 N–H and O–H groups in total. The van der Waals surface area contributed by atoms with Gasteiger partial charge < -0.3 is 0 Å². The molecule has 0 saturated carbocycles. The molecular formula is C10H7BrClN. The summed E-state index contributed by atoms with van der Waals surface area (Å²) >= 11 is 9.56. The third-order valence-electron chi connectivity index (χ3n) is 1.94. The molecule has 13 heavy (non-hydrogen) atoms. The predicted molar refractivity (Wildman–Crippen MR) is 59.4 cm³/mol. The number of benzene rings is 1. The molecule has 0 unspecified atom stereocenters. The molecule has 2 aromatic rings. The molecule has 0 fully saturated rings. The summed E-state index contributed by atoms with van der Waals surface area (Å²) in [6, 6.07) is 7.85. The fourth-order valence-electron chi connectivity index (χ4n) is 1.26. The molecule has 3 heteroatoms. The molecule has 0 saturated heterocycles. The summed E-state index contributed by atoms with van der Waals surface area (Å²) in [5.74, 6) is 0. The molecule has 1 nitrogen and oxygen atoms in total. The molecule has 1 heterocycles. The maximum atomic E-state index is 6.17. The van der Waals surface area contributed by atoms with Crippen LogP contribution in [0.3, 0.4) is 0 Å². The van der Waals surface area contributed by atoms with Crippen LogP contribution in [0.25, 0.3) is 10.9 Å². The SMILES string of the molecule is Clc1c(CBr)ccc2ncccc12. The van der Waals surface area contributed by atoms with Gasteiger partial charge in [0, 0.05) is 16.9 Å². The lowest BCUT2D eigenvalue weighted by Crippen LogP contribution is -1.83. The van der Waals surface area contributed by atoms with E-state index in [0.717, 1.165) is 26.8 Å². The zero-order valence-electron chi connectivity index (χ0n) is 6.80. The first-order chi connectivity index (χ1) is 6.33. The predicted octanol–water partition coefficient (Wildman–Crippen LogP) is 3.78. The average Bonchev–Trinajstić information content (AvgIpc) is 2.19. The number of halogens is 2. The van der Waals surface area contributed by atoms with Crippen LogP contribution in [-0.4, -0.2) is 4.98 Å². The number of pyridine rings is 1. The van der Waals surface area contributed by atoms with Crippen LogP contribution >= 0.6 is 27.5 Å². The van der Waals surface area contributed by atoms with Gasteiger partial charge in [0.1, 0.15) is 0 Å². The van der Waals surface area contributed by atoms with Crippen molar-refractivity contribution in [1.82, 2.24) is 4.98 Å². The molecule has 1 aromatic heterocycles. The Morgan fingerprint density at radius 1 is 1.31 bits per heavy atom. The Balaban J connectivity index is 2.79. The van der Waals surface area contributed by atoms with Crippen molar-refractivity contribution in [3.63, 3.8) is 0 Å². The quantitative estimate of drug-likeness (QED) is 0.708. The highest BCUT2D eigenvalue weighted by atomic mass is 79.9. The highest BCUT2D eigenvalue weighted by Gasteiger charge is 2.03. The first-order valence-corrected chi connectivity index (χ1v) is 5.41. The van der Waals surface area contributed by atoms with Gasteiger partial charge in [0.25, 0.3) is 0 Å². The molecule has 0 bridgehead atoms. The molecule has 2 rings (SSSR count). The van der Waals surface area contributed by atoms with Gasteiger partial charge in [0.2, 0.25) is 0 Å². The van der Waals surface area contributed by atoms with Gasteiger partial charge in [-0.15, -0.1) is 0 Å². The minimum absolute atomic E-state index is 0.774. The van der Waals surface area contributed by atoms with E-state index in [9.17, 15) is 0 Å². The first-order valence-electron chi connectivity index (χ1n) is 3.91. The number of hydrogen-bond donors (Lipinski definition) is 0. The van der Waals surface area contributed by atoms with Gasteiger partial charge in [0.05, 0.1) is 10.5 Å². The molecule has 0 amide bonds.